The maximum absolute atomic E-state index is 12.8. The average Bonchev–Trinajstić information content (AvgIpc) is 3.39. The lowest BCUT2D eigenvalue weighted by atomic mass is 10.2. The lowest BCUT2D eigenvalue weighted by molar-refractivity contribution is 0.288. The number of aliphatic hydroxyl groups is 1. The zero-order valence-corrected chi connectivity index (χ0v) is 16.9. The van der Waals surface area contributed by atoms with Gasteiger partial charge in [-0.25, -0.2) is 4.98 Å². The van der Waals surface area contributed by atoms with Gasteiger partial charge in [0.1, 0.15) is 5.04 Å². The van der Waals surface area contributed by atoms with Crippen LogP contribution in [0.5, 0.6) is 0 Å². The minimum absolute atomic E-state index is 0.0661. The van der Waals surface area contributed by atoms with E-state index in [9.17, 15) is 8.42 Å². The number of nitrogens with zero attached hydrogens (tertiary/aromatic N) is 3. The van der Waals surface area contributed by atoms with E-state index in [4.69, 9.17) is 5.11 Å². The number of aromatic amines is 1. The molecule has 1 atom stereocenters. The largest absolute Gasteiger partial charge is 0.396 e. The van der Waals surface area contributed by atoms with Crippen molar-refractivity contribution >= 4 is 54.8 Å². The van der Waals surface area contributed by atoms with Gasteiger partial charge < -0.3 is 10.1 Å². The van der Waals surface area contributed by atoms with Gasteiger partial charge in [-0.15, -0.1) is 11.3 Å². The predicted octanol–water partition coefficient (Wildman–Crippen LogP) is 2.69. The Balaban J connectivity index is 1.70. The fourth-order valence-corrected chi connectivity index (χ4v) is 6.22. The number of para-hydroxylation sites is 1. The smallest absolute Gasteiger partial charge is 0.291 e. The molecule has 1 aliphatic rings. The van der Waals surface area contributed by atoms with Gasteiger partial charge in [0, 0.05) is 35.9 Å². The molecule has 10 heteroatoms. The van der Waals surface area contributed by atoms with Gasteiger partial charge in [0.05, 0.1) is 23.4 Å². The third kappa shape index (κ3) is 3.38. The normalized spacial score (nSPS) is 17.4. The summed E-state index contributed by atoms with van der Waals surface area (Å²) in [7, 11) is -2.18. The molecule has 7 nitrogen and oxygen atoms in total. The van der Waals surface area contributed by atoms with E-state index in [0.29, 0.717) is 18.7 Å². The first-order valence-corrected chi connectivity index (χ1v) is 11.5. The second kappa shape index (κ2) is 7.27. The molecule has 4 rings (SSSR count). The van der Waals surface area contributed by atoms with Crippen LogP contribution in [0.1, 0.15) is 12.1 Å². The number of thiazole rings is 1. The molecule has 0 radical (unpaired) electrons. The predicted molar refractivity (Wildman–Crippen MR) is 110 cm³/mol. The molecule has 0 saturated carbocycles. The summed E-state index contributed by atoms with van der Waals surface area (Å²) in [6, 6.07) is 7.52. The van der Waals surface area contributed by atoms with Gasteiger partial charge in [-0.1, -0.05) is 23.9 Å². The second-order valence-electron chi connectivity index (χ2n) is 6.09. The number of benzene rings is 1. The Morgan fingerprint density at radius 2 is 2.26 bits per heavy atom. The lowest BCUT2D eigenvalue weighted by Crippen LogP contribution is -2.26. The molecule has 3 heterocycles. The van der Waals surface area contributed by atoms with Crippen LogP contribution in [0, 0.1) is 0 Å². The third-order valence-corrected chi connectivity index (χ3v) is 8.60. The van der Waals surface area contributed by atoms with E-state index < -0.39 is 10.0 Å². The van der Waals surface area contributed by atoms with E-state index >= 15 is 0 Å². The van der Waals surface area contributed by atoms with Crippen molar-refractivity contribution in [3.63, 3.8) is 0 Å². The minimum atomic E-state index is -3.71. The van der Waals surface area contributed by atoms with E-state index in [2.05, 4.69) is 15.0 Å². The summed E-state index contributed by atoms with van der Waals surface area (Å²) in [6.07, 6.45) is 2.19. The van der Waals surface area contributed by atoms with Gasteiger partial charge >= 0.3 is 0 Å². The molecule has 0 saturated heterocycles. The number of aromatic nitrogens is 2. The van der Waals surface area contributed by atoms with Crippen LogP contribution in [0.3, 0.4) is 0 Å². The Bertz CT molecular complexity index is 1090. The number of fused-ring (bicyclic) bond motifs is 1. The summed E-state index contributed by atoms with van der Waals surface area (Å²) in [5.41, 5.74) is 2.16. The first-order valence-electron chi connectivity index (χ1n) is 8.33. The van der Waals surface area contributed by atoms with E-state index in [1.165, 1.54) is 17.5 Å². The molecule has 0 amide bonds. The van der Waals surface area contributed by atoms with Crippen molar-refractivity contribution in [3.05, 3.63) is 41.5 Å². The summed E-state index contributed by atoms with van der Waals surface area (Å²) >= 11 is 2.73. The molecule has 0 spiro atoms. The molecule has 0 aliphatic carbocycles. The second-order valence-corrected chi connectivity index (χ2v) is 10.4. The van der Waals surface area contributed by atoms with Crippen LogP contribution in [-0.2, 0) is 10.0 Å². The van der Waals surface area contributed by atoms with Crippen LogP contribution in [0.2, 0.25) is 0 Å². The van der Waals surface area contributed by atoms with Gasteiger partial charge in [0.2, 0.25) is 4.34 Å². The van der Waals surface area contributed by atoms with E-state index in [-0.39, 0.29) is 16.2 Å². The Morgan fingerprint density at radius 3 is 3.00 bits per heavy atom. The highest BCUT2D eigenvalue weighted by Crippen LogP contribution is 2.33. The van der Waals surface area contributed by atoms with Crippen molar-refractivity contribution in [3.8, 4) is 0 Å². The average molecular weight is 423 g/mol. The van der Waals surface area contributed by atoms with E-state index in [1.807, 2.05) is 18.2 Å². The molecule has 2 aromatic heterocycles. The molecule has 27 heavy (non-hydrogen) atoms. The summed E-state index contributed by atoms with van der Waals surface area (Å²) < 4.78 is 27.0. The standard InChI is InChI=1S/C17H18N4O3S3/c1-21(27(23,24)17-18-6-8-25-17)14-4-2-3-11-9-13(20-15(11)14)16-19-10-12(26-16)5-7-22/h2-4,6,8-9,12,20,22H,5,7,10H2,1H3. The van der Waals surface area contributed by atoms with Crippen molar-refractivity contribution < 1.29 is 13.5 Å². The fourth-order valence-electron chi connectivity index (χ4n) is 2.96. The summed E-state index contributed by atoms with van der Waals surface area (Å²) in [5.74, 6) is 0. The molecule has 0 fully saturated rings. The number of nitrogens with one attached hydrogen (secondary N) is 1. The molecule has 2 N–H and O–H groups in total. The highest BCUT2D eigenvalue weighted by molar-refractivity contribution is 8.15. The Morgan fingerprint density at radius 1 is 1.41 bits per heavy atom. The van der Waals surface area contributed by atoms with Crippen molar-refractivity contribution in [2.24, 2.45) is 4.99 Å². The third-order valence-electron chi connectivity index (χ3n) is 4.36. The van der Waals surface area contributed by atoms with Gasteiger partial charge in [-0.2, -0.15) is 8.42 Å². The number of aliphatic hydroxyl groups excluding tert-OH is 1. The van der Waals surface area contributed by atoms with Crippen molar-refractivity contribution in [2.45, 2.75) is 16.0 Å². The van der Waals surface area contributed by atoms with E-state index in [0.717, 1.165) is 33.0 Å². The van der Waals surface area contributed by atoms with Gasteiger partial charge in [-0.05, 0) is 18.6 Å². The fraction of sp³-hybridized carbons (Fsp3) is 0.294. The van der Waals surface area contributed by atoms with Crippen molar-refractivity contribution in [2.75, 3.05) is 24.5 Å². The highest BCUT2D eigenvalue weighted by Gasteiger charge is 2.27. The number of thioether (sulfide) groups is 1. The molecule has 142 valence electrons. The maximum Gasteiger partial charge on any atom is 0.291 e. The van der Waals surface area contributed by atoms with Crippen LogP contribution in [0.4, 0.5) is 5.69 Å². The molecule has 1 unspecified atom stereocenters. The topological polar surface area (TPSA) is 98.6 Å². The van der Waals surface area contributed by atoms with Crippen LogP contribution in [-0.4, -0.2) is 54.0 Å². The van der Waals surface area contributed by atoms with Crippen molar-refractivity contribution in [1.82, 2.24) is 9.97 Å². The zero-order chi connectivity index (χ0) is 19.0. The number of hydrogen-bond donors (Lipinski definition) is 2. The first kappa shape index (κ1) is 18.5. The number of sulfonamides is 1. The highest BCUT2D eigenvalue weighted by atomic mass is 32.2. The lowest BCUT2D eigenvalue weighted by Gasteiger charge is -2.18. The number of aliphatic imine (C=N–C) groups is 1. The number of hydrogen-bond acceptors (Lipinski definition) is 7. The van der Waals surface area contributed by atoms with Crippen LogP contribution >= 0.6 is 23.1 Å². The quantitative estimate of drug-likeness (QED) is 0.636. The van der Waals surface area contributed by atoms with Crippen LogP contribution < -0.4 is 4.31 Å². The minimum Gasteiger partial charge on any atom is -0.396 e. The van der Waals surface area contributed by atoms with E-state index in [1.54, 1.807) is 23.2 Å². The number of rotatable bonds is 6. The molecular formula is C17H18N4O3S3. The van der Waals surface area contributed by atoms with Gasteiger partial charge in [0.15, 0.2) is 0 Å². The van der Waals surface area contributed by atoms with Crippen LogP contribution in [0.15, 0.2) is 45.2 Å². The molecular weight excluding hydrogens is 404 g/mol. The zero-order valence-electron chi connectivity index (χ0n) is 14.5. The molecule has 1 aromatic carbocycles. The summed E-state index contributed by atoms with van der Waals surface area (Å²) in [6.45, 7) is 0.831. The molecule has 0 bridgehead atoms. The van der Waals surface area contributed by atoms with Crippen LogP contribution in [0.25, 0.3) is 10.9 Å². The number of H-pyrrole nitrogens is 1. The molecule has 3 aromatic rings. The Labute approximate surface area is 165 Å². The van der Waals surface area contributed by atoms with Gasteiger partial charge in [0.25, 0.3) is 10.0 Å². The Kier molecular flexibility index (Phi) is 4.97. The maximum atomic E-state index is 12.8. The SMILES string of the molecule is CN(c1cccc2cc(C3=NCC(CCO)S3)[nH]c12)S(=O)(=O)c1nccs1. The Hall–Kier alpha value is -1.88. The summed E-state index contributed by atoms with van der Waals surface area (Å²) in [5, 5.41) is 12.8. The van der Waals surface area contributed by atoms with Gasteiger partial charge in [-0.3, -0.25) is 9.30 Å². The first-order chi connectivity index (χ1) is 13.0. The number of anilines is 1. The molecule has 1 aliphatic heterocycles. The summed E-state index contributed by atoms with van der Waals surface area (Å²) in [4.78, 5) is 11.8. The monoisotopic (exact) mass is 422 g/mol. The van der Waals surface area contributed by atoms with Crippen molar-refractivity contribution in [1.29, 1.82) is 0 Å².